The second kappa shape index (κ2) is 6.12. The van der Waals surface area contributed by atoms with Crippen molar-refractivity contribution in [2.24, 2.45) is 0 Å². The van der Waals surface area contributed by atoms with Gasteiger partial charge in [-0.3, -0.25) is 4.90 Å². The van der Waals surface area contributed by atoms with Crippen LogP contribution in [0.4, 0.5) is 4.39 Å². The van der Waals surface area contributed by atoms with Crippen LogP contribution in [0.3, 0.4) is 0 Å². The summed E-state index contributed by atoms with van der Waals surface area (Å²) in [5.41, 5.74) is 0.442. The molecule has 0 saturated carbocycles. The lowest BCUT2D eigenvalue weighted by atomic mass is 9.97. The SMILES string of the molecule is CCC(O)(CC)CN(C)Cc1ccc(F)cc1. The quantitative estimate of drug-likeness (QED) is 0.825. The van der Waals surface area contributed by atoms with Gasteiger partial charge in [0.05, 0.1) is 5.60 Å². The molecule has 1 aromatic carbocycles. The summed E-state index contributed by atoms with van der Waals surface area (Å²) in [6, 6.07) is 6.50. The first-order valence-electron chi connectivity index (χ1n) is 6.14. The lowest BCUT2D eigenvalue weighted by molar-refractivity contribution is 0.00130. The van der Waals surface area contributed by atoms with E-state index in [4.69, 9.17) is 0 Å². The van der Waals surface area contributed by atoms with E-state index in [1.54, 1.807) is 12.1 Å². The van der Waals surface area contributed by atoms with Gasteiger partial charge in [-0.05, 0) is 37.6 Å². The number of nitrogens with zero attached hydrogens (tertiary/aromatic N) is 1. The number of likely N-dealkylation sites (N-methyl/N-ethyl adjacent to an activating group) is 1. The maximum absolute atomic E-state index is 12.8. The topological polar surface area (TPSA) is 23.5 Å². The van der Waals surface area contributed by atoms with E-state index in [2.05, 4.69) is 4.90 Å². The molecule has 1 rings (SSSR count). The van der Waals surface area contributed by atoms with E-state index in [1.165, 1.54) is 12.1 Å². The third-order valence-corrected chi connectivity index (χ3v) is 3.25. The van der Waals surface area contributed by atoms with E-state index < -0.39 is 5.60 Å². The van der Waals surface area contributed by atoms with Crippen molar-refractivity contribution in [2.75, 3.05) is 13.6 Å². The zero-order chi connectivity index (χ0) is 12.9. The summed E-state index contributed by atoms with van der Waals surface area (Å²) in [5, 5.41) is 10.2. The second-order valence-electron chi connectivity index (χ2n) is 4.73. The Morgan fingerprint density at radius 1 is 1.18 bits per heavy atom. The molecule has 0 fully saturated rings. The van der Waals surface area contributed by atoms with Crippen LogP contribution in [0.2, 0.25) is 0 Å². The average Bonchev–Trinajstić information content (AvgIpc) is 2.32. The third-order valence-electron chi connectivity index (χ3n) is 3.25. The van der Waals surface area contributed by atoms with Crippen molar-refractivity contribution < 1.29 is 9.50 Å². The van der Waals surface area contributed by atoms with Gasteiger partial charge in [0.25, 0.3) is 0 Å². The van der Waals surface area contributed by atoms with E-state index in [9.17, 15) is 9.50 Å². The largest absolute Gasteiger partial charge is 0.389 e. The highest BCUT2D eigenvalue weighted by atomic mass is 19.1. The summed E-state index contributed by atoms with van der Waals surface area (Å²) in [6.45, 7) is 5.35. The Morgan fingerprint density at radius 2 is 1.71 bits per heavy atom. The van der Waals surface area contributed by atoms with Crippen molar-refractivity contribution >= 4 is 0 Å². The van der Waals surface area contributed by atoms with Gasteiger partial charge in [-0.2, -0.15) is 0 Å². The van der Waals surface area contributed by atoms with Gasteiger partial charge in [-0.1, -0.05) is 26.0 Å². The Hall–Kier alpha value is -0.930. The molecule has 96 valence electrons. The van der Waals surface area contributed by atoms with Crippen LogP contribution >= 0.6 is 0 Å². The number of rotatable bonds is 6. The van der Waals surface area contributed by atoms with Crippen molar-refractivity contribution in [3.8, 4) is 0 Å². The van der Waals surface area contributed by atoms with E-state index in [1.807, 2.05) is 20.9 Å². The third kappa shape index (κ3) is 4.44. The summed E-state index contributed by atoms with van der Waals surface area (Å²) in [4.78, 5) is 2.07. The zero-order valence-electron chi connectivity index (χ0n) is 10.9. The fourth-order valence-corrected chi connectivity index (χ4v) is 1.93. The lowest BCUT2D eigenvalue weighted by Crippen LogP contribution is -2.40. The van der Waals surface area contributed by atoms with Crippen molar-refractivity contribution in [3.05, 3.63) is 35.6 Å². The standard InChI is InChI=1S/C14H22FNO/c1-4-14(17,5-2)11-16(3)10-12-6-8-13(15)9-7-12/h6-9,17H,4-5,10-11H2,1-3H3. The van der Waals surface area contributed by atoms with Crippen molar-refractivity contribution in [1.29, 1.82) is 0 Å². The molecule has 0 bridgehead atoms. The van der Waals surface area contributed by atoms with E-state index in [0.29, 0.717) is 6.54 Å². The Labute approximate surface area is 103 Å². The maximum Gasteiger partial charge on any atom is 0.123 e. The van der Waals surface area contributed by atoms with Crippen molar-refractivity contribution in [3.63, 3.8) is 0 Å². The van der Waals surface area contributed by atoms with Crippen LogP contribution < -0.4 is 0 Å². The smallest absolute Gasteiger partial charge is 0.123 e. The average molecular weight is 239 g/mol. The first kappa shape index (κ1) is 14.1. The predicted molar refractivity (Wildman–Crippen MR) is 68.3 cm³/mol. The number of benzene rings is 1. The zero-order valence-corrected chi connectivity index (χ0v) is 10.9. The fraction of sp³-hybridized carbons (Fsp3) is 0.571. The molecule has 0 aliphatic carbocycles. The van der Waals surface area contributed by atoms with Crippen LogP contribution in [0.1, 0.15) is 32.3 Å². The molecular weight excluding hydrogens is 217 g/mol. The Kier molecular flexibility index (Phi) is 5.09. The van der Waals surface area contributed by atoms with Gasteiger partial charge in [0, 0.05) is 13.1 Å². The molecule has 1 N–H and O–H groups in total. The molecule has 0 aliphatic heterocycles. The monoisotopic (exact) mass is 239 g/mol. The summed E-state index contributed by atoms with van der Waals surface area (Å²) in [5.74, 6) is -0.213. The molecular formula is C14H22FNO. The first-order chi connectivity index (χ1) is 7.99. The highest BCUT2D eigenvalue weighted by Crippen LogP contribution is 2.17. The molecule has 0 atom stereocenters. The Balaban J connectivity index is 2.54. The number of aliphatic hydroxyl groups is 1. The van der Waals surface area contributed by atoms with Crippen molar-refractivity contribution in [1.82, 2.24) is 4.90 Å². The minimum absolute atomic E-state index is 0.213. The molecule has 0 spiro atoms. The molecule has 0 saturated heterocycles. The molecule has 1 aromatic rings. The van der Waals surface area contributed by atoms with E-state index in [-0.39, 0.29) is 5.82 Å². The summed E-state index contributed by atoms with van der Waals surface area (Å²) >= 11 is 0. The predicted octanol–water partition coefficient (Wildman–Crippen LogP) is 2.81. The van der Waals surface area contributed by atoms with Gasteiger partial charge in [0.15, 0.2) is 0 Å². The molecule has 0 aromatic heterocycles. The van der Waals surface area contributed by atoms with Gasteiger partial charge in [-0.15, -0.1) is 0 Å². The highest BCUT2D eigenvalue weighted by Gasteiger charge is 2.23. The van der Waals surface area contributed by atoms with Crippen LogP contribution in [0, 0.1) is 5.82 Å². The molecule has 0 amide bonds. The summed E-state index contributed by atoms with van der Waals surface area (Å²) in [6.07, 6.45) is 1.49. The number of hydrogen-bond acceptors (Lipinski definition) is 2. The summed E-state index contributed by atoms with van der Waals surface area (Å²) < 4.78 is 12.8. The van der Waals surface area contributed by atoms with Crippen molar-refractivity contribution in [2.45, 2.75) is 38.8 Å². The highest BCUT2D eigenvalue weighted by molar-refractivity contribution is 5.15. The van der Waals surface area contributed by atoms with Crippen LogP contribution in [-0.2, 0) is 6.54 Å². The van der Waals surface area contributed by atoms with Crippen LogP contribution in [-0.4, -0.2) is 29.2 Å². The number of hydrogen-bond donors (Lipinski definition) is 1. The molecule has 17 heavy (non-hydrogen) atoms. The molecule has 2 nitrogen and oxygen atoms in total. The molecule has 0 unspecified atom stereocenters. The van der Waals surface area contributed by atoms with Gasteiger partial charge in [0.2, 0.25) is 0 Å². The van der Waals surface area contributed by atoms with Gasteiger partial charge < -0.3 is 5.11 Å². The minimum Gasteiger partial charge on any atom is -0.389 e. The van der Waals surface area contributed by atoms with Gasteiger partial charge in [-0.25, -0.2) is 4.39 Å². The number of halogens is 1. The lowest BCUT2D eigenvalue weighted by Gasteiger charge is -2.30. The van der Waals surface area contributed by atoms with E-state index >= 15 is 0 Å². The van der Waals surface area contributed by atoms with Crippen LogP contribution in [0.25, 0.3) is 0 Å². The molecule has 0 radical (unpaired) electrons. The minimum atomic E-state index is -0.616. The maximum atomic E-state index is 12.8. The van der Waals surface area contributed by atoms with Gasteiger partial charge in [0.1, 0.15) is 5.82 Å². The Bertz CT molecular complexity index is 333. The van der Waals surface area contributed by atoms with Crippen LogP contribution in [0.5, 0.6) is 0 Å². The fourth-order valence-electron chi connectivity index (χ4n) is 1.93. The second-order valence-corrected chi connectivity index (χ2v) is 4.73. The van der Waals surface area contributed by atoms with Gasteiger partial charge >= 0.3 is 0 Å². The van der Waals surface area contributed by atoms with E-state index in [0.717, 1.165) is 24.9 Å². The first-order valence-corrected chi connectivity index (χ1v) is 6.14. The normalized spacial score (nSPS) is 12.1. The van der Waals surface area contributed by atoms with Crippen LogP contribution in [0.15, 0.2) is 24.3 Å². The summed E-state index contributed by atoms with van der Waals surface area (Å²) in [7, 11) is 1.97. The molecule has 0 heterocycles. The Morgan fingerprint density at radius 3 is 2.18 bits per heavy atom. The molecule has 3 heteroatoms. The molecule has 0 aliphatic rings.